The number of hydrogen-bond acceptors (Lipinski definition) is 2. The van der Waals surface area contributed by atoms with E-state index in [4.69, 9.17) is 4.74 Å². The second-order valence-corrected chi connectivity index (χ2v) is 5.44. The van der Waals surface area contributed by atoms with Gasteiger partial charge in [-0.05, 0) is 45.6 Å². The van der Waals surface area contributed by atoms with Gasteiger partial charge in [-0.2, -0.15) is 0 Å². The molecule has 0 spiro atoms. The minimum Gasteiger partial charge on any atom is -0.377 e. The number of hydrogen-bond donors (Lipinski definition) is 0. The van der Waals surface area contributed by atoms with Crippen LogP contribution in [-0.2, 0) is 4.74 Å². The van der Waals surface area contributed by atoms with Crippen LogP contribution in [0.4, 0.5) is 0 Å². The fraction of sp³-hybridized carbons (Fsp3) is 1.00. The molecule has 2 heterocycles. The van der Waals surface area contributed by atoms with E-state index in [9.17, 15) is 0 Å². The molecule has 82 valence electrons. The van der Waals surface area contributed by atoms with Gasteiger partial charge < -0.3 is 4.74 Å². The third-order valence-electron chi connectivity index (χ3n) is 3.69. The van der Waals surface area contributed by atoms with E-state index >= 15 is 0 Å². The monoisotopic (exact) mass is 197 g/mol. The van der Waals surface area contributed by atoms with Gasteiger partial charge in [-0.25, -0.2) is 0 Å². The van der Waals surface area contributed by atoms with Crippen LogP contribution in [0.25, 0.3) is 0 Å². The molecule has 2 fully saturated rings. The van der Waals surface area contributed by atoms with E-state index in [2.05, 4.69) is 25.7 Å². The SMILES string of the molecule is CC(C)OC[C@@]12CCCN1C[C@@H](C)C2. The molecule has 2 aliphatic heterocycles. The highest BCUT2D eigenvalue weighted by Crippen LogP contribution is 2.41. The number of fused-ring (bicyclic) bond motifs is 1. The second kappa shape index (κ2) is 3.82. The minimum absolute atomic E-state index is 0.378. The third kappa shape index (κ3) is 1.82. The third-order valence-corrected chi connectivity index (χ3v) is 3.69. The van der Waals surface area contributed by atoms with Gasteiger partial charge in [0.15, 0.2) is 0 Å². The minimum atomic E-state index is 0.378. The lowest BCUT2D eigenvalue weighted by atomic mass is 9.91. The number of rotatable bonds is 3. The van der Waals surface area contributed by atoms with Gasteiger partial charge in [-0.15, -0.1) is 0 Å². The Kier molecular flexibility index (Phi) is 2.85. The molecule has 0 unspecified atom stereocenters. The Morgan fingerprint density at radius 1 is 1.50 bits per heavy atom. The lowest BCUT2D eigenvalue weighted by Crippen LogP contribution is -2.43. The molecule has 0 radical (unpaired) electrons. The summed E-state index contributed by atoms with van der Waals surface area (Å²) in [6.07, 6.45) is 4.44. The highest BCUT2D eigenvalue weighted by Gasteiger charge is 2.47. The first-order chi connectivity index (χ1) is 6.62. The van der Waals surface area contributed by atoms with Crippen molar-refractivity contribution < 1.29 is 4.74 Å². The van der Waals surface area contributed by atoms with Gasteiger partial charge in [0, 0.05) is 12.1 Å². The summed E-state index contributed by atoms with van der Waals surface area (Å²) < 4.78 is 5.84. The summed E-state index contributed by atoms with van der Waals surface area (Å²) in [5.41, 5.74) is 0.420. The Labute approximate surface area is 87.6 Å². The molecule has 2 heteroatoms. The van der Waals surface area contributed by atoms with Crippen LogP contribution in [0.2, 0.25) is 0 Å². The molecule has 0 saturated carbocycles. The van der Waals surface area contributed by atoms with Gasteiger partial charge in [0.2, 0.25) is 0 Å². The topological polar surface area (TPSA) is 12.5 Å². The van der Waals surface area contributed by atoms with Crippen molar-refractivity contribution in [1.29, 1.82) is 0 Å². The Bertz CT molecular complexity index is 204. The first kappa shape index (κ1) is 10.4. The zero-order valence-corrected chi connectivity index (χ0v) is 9.75. The van der Waals surface area contributed by atoms with E-state index in [-0.39, 0.29) is 0 Å². The highest BCUT2D eigenvalue weighted by molar-refractivity contribution is 5.02. The van der Waals surface area contributed by atoms with Crippen LogP contribution in [0.1, 0.15) is 40.0 Å². The molecule has 0 aliphatic carbocycles. The van der Waals surface area contributed by atoms with E-state index in [0.29, 0.717) is 11.6 Å². The maximum atomic E-state index is 5.84. The molecular weight excluding hydrogens is 174 g/mol. The summed E-state index contributed by atoms with van der Waals surface area (Å²) in [5, 5.41) is 0. The Hall–Kier alpha value is -0.0800. The molecule has 0 bridgehead atoms. The molecule has 2 aliphatic rings. The maximum absolute atomic E-state index is 5.84. The zero-order valence-electron chi connectivity index (χ0n) is 9.75. The lowest BCUT2D eigenvalue weighted by Gasteiger charge is -2.32. The van der Waals surface area contributed by atoms with E-state index in [0.717, 1.165) is 12.5 Å². The van der Waals surface area contributed by atoms with Crippen molar-refractivity contribution in [2.45, 2.75) is 51.7 Å². The molecule has 0 amide bonds. The predicted octanol–water partition coefficient (Wildman–Crippen LogP) is 2.29. The van der Waals surface area contributed by atoms with Crippen molar-refractivity contribution in [2.24, 2.45) is 5.92 Å². The first-order valence-corrected chi connectivity index (χ1v) is 5.99. The van der Waals surface area contributed by atoms with Gasteiger partial charge >= 0.3 is 0 Å². The largest absolute Gasteiger partial charge is 0.377 e. The predicted molar refractivity (Wildman–Crippen MR) is 58.4 cm³/mol. The van der Waals surface area contributed by atoms with Crippen molar-refractivity contribution in [3.05, 3.63) is 0 Å². The van der Waals surface area contributed by atoms with Crippen molar-refractivity contribution in [3.8, 4) is 0 Å². The summed E-state index contributed by atoms with van der Waals surface area (Å²) in [7, 11) is 0. The van der Waals surface area contributed by atoms with Gasteiger partial charge in [0.25, 0.3) is 0 Å². The van der Waals surface area contributed by atoms with Crippen LogP contribution in [0.5, 0.6) is 0 Å². The van der Waals surface area contributed by atoms with Crippen LogP contribution in [0.15, 0.2) is 0 Å². The average Bonchev–Trinajstić information content (AvgIpc) is 2.56. The summed E-state index contributed by atoms with van der Waals surface area (Å²) in [4.78, 5) is 2.67. The van der Waals surface area contributed by atoms with E-state index in [1.807, 2.05) is 0 Å². The molecule has 0 aromatic heterocycles. The van der Waals surface area contributed by atoms with Crippen LogP contribution in [0.3, 0.4) is 0 Å². The van der Waals surface area contributed by atoms with Crippen LogP contribution in [0, 0.1) is 5.92 Å². The standard InChI is InChI=1S/C12H23NO/c1-10(2)14-9-12-5-4-6-13(12)8-11(3)7-12/h10-11H,4-9H2,1-3H3/t11-,12-/m0/s1. The Morgan fingerprint density at radius 3 is 3.00 bits per heavy atom. The molecule has 0 aromatic rings. The molecule has 0 N–H and O–H groups in total. The second-order valence-electron chi connectivity index (χ2n) is 5.44. The fourth-order valence-corrected chi connectivity index (χ4v) is 3.14. The Balaban J connectivity index is 1.98. The summed E-state index contributed by atoms with van der Waals surface area (Å²) in [6.45, 7) is 10.2. The normalized spacial score (nSPS) is 38.1. The fourth-order valence-electron chi connectivity index (χ4n) is 3.14. The first-order valence-electron chi connectivity index (χ1n) is 5.99. The molecular formula is C12H23NO. The quantitative estimate of drug-likeness (QED) is 0.688. The molecule has 2 atom stereocenters. The zero-order chi connectivity index (χ0) is 10.2. The Morgan fingerprint density at radius 2 is 2.29 bits per heavy atom. The average molecular weight is 197 g/mol. The van der Waals surface area contributed by atoms with Crippen molar-refractivity contribution in [3.63, 3.8) is 0 Å². The molecule has 2 nitrogen and oxygen atoms in total. The molecule has 2 saturated heterocycles. The van der Waals surface area contributed by atoms with E-state index in [1.165, 1.54) is 32.4 Å². The van der Waals surface area contributed by atoms with E-state index in [1.54, 1.807) is 0 Å². The highest BCUT2D eigenvalue weighted by atomic mass is 16.5. The summed E-state index contributed by atoms with van der Waals surface area (Å²) in [6, 6.07) is 0. The molecule has 0 aromatic carbocycles. The van der Waals surface area contributed by atoms with E-state index < -0.39 is 0 Å². The molecule has 2 rings (SSSR count). The summed E-state index contributed by atoms with van der Waals surface area (Å²) >= 11 is 0. The number of nitrogens with zero attached hydrogens (tertiary/aromatic N) is 1. The molecule has 14 heavy (non-hydrogen) atoms. The van der Waals surface area contributed by atoms with Crippen molar-refractivity contribution in [1.82, 2.24) is 4.90 Å². The van der Waals surface area contributed by atoms with Gasteiger partial charge in [-0.1, -0.05) is 6.92 Å². The van der Waals surface area contributed by atoms with Gasteiger partial charge in [0.05, 0.1) is 12.7 Å². The summed E-state index contributed by atoms with van der Waals surface area (Å²) in [5.74, 6) is 0.867. The van der Waals surface area contributed by atoms with Gasteiger partial charge in [-0.3, -0.25) is 4.90 Å². The van der Waals surface area contributed by atoms with Gasteiger partial charge in [0.1, 0.15) is 0 Å². The maximum Gasteiger partial charge on any atom is 0.0654 e. The van der Waals surface area contributed by atoms with Crippen LogP contribution >= 0.6 is 0 Å². The lowest BCUT2D eigenvalue weighted by molar-refractivity contribution is 0.00292. The van der Waals surface area contributed by atoms with Crippen molar-refractivity contribution >= 4 is 0 Å². The van der Waals surface area contributed by atoms with Crippen LogP contribution in [-0.4, -0.2) is 36.2 Å². The number of ether oxygens (including phenoxy) is 1. The van der Waals surface area contributed by atoms with Crippen molar-refractivity contribution in [2.75, 3.05) is 19.7 Å². The smallest absolute Gasteiger partial charge is 0.0654 e. The van der Waals surface area contributed by atoms with Crippen LogP contribution < -0.4 is 0 Å².